The van der Waals surface area contributed by atoms with Crippen LogP contribution in [0.4, 0.5) is 0 Å². The van der Waals surface area contributed by atoms with Gasteiger partial charge in [-0.3, -0.25) is 0 Å². The van der Waals surface area contributed by atoms with Crippen LogP contribution in [0, 0.1) is 5.92 Å². The number of aromatic nitrogens is 2. The third-order valence-electron chi connectivity index (χ3n) is 5.84. The molecule has 0 aromatic carbocycles. The Morgan fingerprint density at radius 2 is 1.42 bits per heavy atom. The van der Waals surface area contributed by atoms with Gasteiger partial charge in [0, 0.05) is 5.92 Å². The van der Waals surface area contributed by atoms with E-state index in [1.54, 1.807) is 0 Å². The Kier molecular flexibility index (Phi) is 10.7. The molecule has 148 valence electrons. The van der Waals surface area contributed by atoms with Crippen LogP contribution in [0.1, 0.15) is 115 Å². The van der Waals surface area contributed by atoms with Gasteiger partial charge in [-0.05, 0) is 38.0 Å². The first-order valence-corrected chi connectivity index (χ1v) is 11.3. The van der Waals surface area contributed by atoms with E-state index in [2.05, 4.69) is 23.8 Å². The van der Waals surface area contributed by atoms with E-state index in [1.165, 1.54) is 83.5 Å². The second-order valence-electron chi connectivity index (χ2n) is 8.11. The molecule has 0 aliphatic heterocycles. The Morgan fingerprint density at radius 1 is 0.808 bits per heavy atom. The summed E-state index contributed by atoms with van der Waals surface area (Å²) in [5.74, 6) is 3.36. The van der Waals surface area contributed by atoms with Crippen LogP contribution < -0.4 is 4.74 Å². The highest BCUT2D eigenvalue weighted by molar-refractivity contribution is 5.14. The second kappa shape index (κ2) is 13.1. The highest BCUT2D eigenvalue weighted by atomic mass is 16.5. The molecule has 0 amide bonds. The summed E-state index contributed by atoms with van der Waals surface area (Å²) in [5.41, 5.74) is 0. The van der Waals surface area contributed by atoms with E-state index in [4.69, 9.17) is 4.74 Å². The number of hydrogen-bond acceptors (Lipinski definition) is 3. The molecule has 1 aromatic rings. The molecule has 0 bridgehead atoms. The minimum atomic E-state index is 0.560. The Morgan fingerprint density at radius 3 is 2.08 bits per heavy atom. The number of nitrogens with zero attached hydrogens (tertiary/aromatic N) is 2. The van der Waals surface area contributed by atoms with Crippen molar-refractivity contribution in [1.82, 2.24) is 9.97 Å². The van der Waals surface area contributed by atoms with Crippen molar-refractivity contribution in [3.05, 3.63) is 18.2 Å². The molecule has 1 heterocycles. The fraction of sp³-hybridized carbons (Fsp3) is 0.826. The van der Waals surface area contributed by atoms with Crippen molar-refractivity contribution in [1.29, 1.82) is 0 Å². The molecule has 1 fully saturated rings. The van der Waals surface area contributed by atoms with Gasteiger partial charge in [0.05, 0.1) is 19.0 Å². The fourth-order valence-corrected chi connectivity index (χ4v) is 4.08. The topological polar surface area (TPSA) is 35.0 Å². The minimum Gasteiger partial charge on any atom is -0.490 e. The van der Waals surface area contributed by atoms with Gasteiger partial charge in [0.1, 0.15) is 5.82 Å². The summed E-state index contributed by atoms with van der Waals surface area (Å²) in [4.78, 5) is 9.20. The van der Waals surface area contributed by atoms with Crippen molar-refractivity contribution in [3.63, 3.8) is 0 Å². The predicted molar refractivity (Wildman–Crippen MR) is 110 cm³/mol. The lowest BCUT2D eigenvalue weighted by molar-refractivity contribution is 0.291. The predicted octanol–water partition coefficient (Wildman–Crippen LogP) is 7.07. The van der Waals surface area contributed by atoms with Gasteiger partial charge in [-0.15, -0.1) is 0 Å². The zero-order valence-electron chi connectivity index (χ0n) is 17.2. The van der Waals surface area contributed by atoms with Crippen LogP contribution >= 0.6 is 0 Å². The summed E-state index contributed by atoms with van der Waals surface area (Å²) in [6.07, 6.45) is 22.4. The first-order chi connectivity index (χ1) is 12.8. The monoisotopic (exact) mass is 360 g/mol. The van der Waals surface area contributed by atoms with Crippen molar-refractivity contribution in [2.45, 2.75) is 110 Å². The molecule has 0 saturated heterocycles. The van der Waals surface area contributed by atoms with E-state index in [1.807, 2.05) is 12.4 Å². The number of rotatable bonds is 13. The highest BCUT2D eigenvalue weighted by Crippen LogP contribution is 2.36. The highest BCUT2D eigenvalue weighted by Gasteiger charge is 2.23. The largest absolute Gasteiger partial charge is 0.490 e. The summed E-state index contributed by atoms with van der Waals surface area (Å²) in [6.45, 7) is 5.30. The molecule has 0 N–H and O–H groups in total. The lowest BCUT2D eigenvalue weighted by Gasteiger charge is -2.27. The average Bonchev–Trinajstić information content (AvgIpc) is 2.69. The number of hydrogen-bond donors (Lipinski definition) is 0. The van der Waals surface area contributed by atoms with Crippen LogP contribution in [0.2, 0.25) is 0 Å². The van der Waals surface area contributed by atoms with Crippen molar-refractivity contribution in [2.24, 2.45) is 5.92 Å². The first kappa shape index (κ1) is 21.2. The normalized spacial score (nSPS) is 20.2. The Labute approximate surface area is 161 Å². The smallest absolute Gasteiger partial charge is 0.155 e. The maximum absolute atomic E-state index is 5.76. The molecule has 1 aromatic heterocycles. The molecule has 1 aliphatic rings. The minimum absolute atomic E-state index is 0.560. The van der Waals surface area contributed by atoms with Gasteiger partial charge in [-0.25, -0.2) is 9.97 Å². The molecular weight excluding hydrogens is 320 g/mol. The molecule has 0 spiro atoms. The van der Waals surface area contributed by atoms with Crippen LogP contribution in [0.5, 0.6) is 5.75 Å². The third kappa shape index (κ3) is 8.05. The van der Waals surface area contributed by atoms with Gasteiger partial charge in [0.2, 0.25) is 0 Å². The molecule has 3 nitrogen and oxygen atoms in total. The zero-order chi connectivity index (χ0) is 18.5. The Hall–Kier alpha value is -1.12. The number of ether oxygens (including phenoxy) is 1. The Bertz CT molecular complexity index is 452. The molecule has 0 radical (unpaired) electrons. The standard InChI is InChI=1S/C23H40N2O/c1-3-5-7-9-10-12-20-13-15-21(16-14-20)23-24-18-22(19-25-23)26-17-11-8-6-4-2/h18-21H,3-17H2,1-2H3. The van der Waals surface area contributed by atoms with Crippen LogP contribution in [-0.2, 0) is 0 Å². The van der Waals surface area contributed by atoms with E-state index in [0.29, 0.717) is 5.92 Å². The summed E-state index contributed by atoms with van der Waals surface area (Å²) in [6, 6.07) is 0. The van der Waals surface area contributed by atoms with Crippen LogP contribution in [0.15, 0.2) is 12.4 Å². The van der Waals surface area contributed by atoms with E-state index < -0.39 is 0 Å². The quantitative estimate of drug-likeness (QED) is 0.353. The van der Waals surface area contributed by atoms with E-state index >= 15 is 0 Å². The molecule has 3 heteroatoms. The summed E-state index contributed by atoms with van der Waals surface area (Å²) in [7, 11) is 0. The summed E-state index contributed by atoms with van der Waals surface area (Å²) >= 11 is 0. The summed E-state index contributed by atoms with van der Waals surface area (Å²) in [5, 5.41) is 0. The SMILES string of the molecule is CCCCCCCC1CCC(c2ncc(OCCCCCC)cn2)CC1. The third-order valence-corrected chi connectivity index (χ3v) is 5.84. The van der Waals surface area contributed by atoms with Gasteiger partial charge >= 0.3 is 0 Å². The van der Waals surface area contributed by atoms with Crippen molar-refractivity contribution >= 4 is 0 Å². The van der Waals surface area contributed by atoms with Gasteiger partial charge in [0.15, 0.2) is 5.75 Å². The van der Waals surface area contributed by atoms with Crippen LogP contribution in [0.3, 0.4) is 0 Å². The van der Waals surface area contributed by atoms with Crippen LogP contribution in [-0.4, -0.2) is 16.6 Å². The van der Waals surface area contributed by atoms with Crippen molar-refractivity contribution < 1.29 is 4.74 Å². The van der Waals surface area contributed by atoms with E-state index in [0.717, 1.165) is 30.5 Å². The molecule has 26 heavy (non-hydrogen) atoms. The van der Waals surface area contributed by atoms with Crippen molar-refractivity contribution in [2.75, 3.05) is 6.61 Å². The molecule has 0 unspecified atom stereocenters. The fourth-order valence-electron chi connectivity index (χ4n) is 4.08. The maximum atomic E-state index is 5.76. The van der Waals surface area contributed by atoms with E-state index in [9.17, 15) is 0 Å². The van der Waals surface area contributed by atoms with Crippen molar-refractivity contribution in [3.8, 4) is 5.75 Å². The van der Waals surface area contributed by atoms with Gasteiger partial charge < -0.3 is 4.74 Å². The molecule has 1 saturated carbocycles. The second-order valence-corrected chi connectivity index (χ2v) is 8.11. The zero-order valence-corrected chi connectivity index (χ0v) is 17.2. The average molecular weight is 361 g/mol. The lowest BCUT2D eigenvalue weighted by atomic mass is 9.79. The summed E-state index contributed by atoms with van der Waals surface area (Å²) < 4.78 is 5.76. The molecule has 1 aliphatic carbocycles. The van der Waals surface area contributed by atoms with E-state index in [-0.39, 0.29) is 0 Å². The van der Waals surface area contributed by atoms with Gasteiger partial charge in [-0.1, -0.05) is 71.6 Å². The molecular formula is C23H40N2O. The lowest BCUT2D eigenvalue weighted by Crippen LogP contribution is -2.15. The van der Waals surface area contributed by atoms with Gasteiger partial charge in [-0.2, -0.15) is 0 Å². The van der Waals surface area contributed by atoms with Crippen LogP contribution in [0.25, 0.3) is 0 Å². The first-order valence-electron chi connectivity index (χ1n) is 11.3. The Balaban J connectivity index is 1.62. The number of unbranched alkanes of at least 4 members (excludes halogenated alkanes) is 7. The molecule has 0 atom stereocenters. The van der Waals surface area contributed by atoms with Gasteiger partial charge in [0.25, 0.3) is 0 Å². The maximum Gasteiger partial charge on any atom is 0.155 e. The molecule has 2 rings (SSSR count).